The van der Waals surface area contributed by atoms with E-state index in [1.807, 2.05) is 146 Å². The van der Waals surface area contributed by atoms with Crippen LogP contribution in [0.1, 0.15) is 0 Å². The molecule has 12 aromatic rings. The van der Waals surface area contributed by atoms with Crippen molar-refractivity contribution in [1.29, 1.82) is 0 Å². The second kappa shape index (κ2) is 18.4. The minimum absolute atomic E-state index is 0.490. The number of fused-ring (bicyclic) bond motifs is 2. The second-order valence-electron chi connectivity index (χ2n) is 16.9. The fourth-order valence-electron chi connectivity index (χ4n) is 9.18. The van der Waals surface area contributed by atoms with E-state index in [1.165, 1.54) is 0 Å². The first-order chi connectivity index (χ1) is 34.5. The van der Waals surface area contributed by atoms with E-state index in [-0.39, 0.29) is 0 Å². The molecule has 2 aromatic heterocycles. The maximum Gasteiger partial charge on any atom is 0.140 e. The summed E-state index contributed by atoms with van der Waals surface area (Å²) in [7, 11) is 0. The van der Waals surface area contributed by atoms with E-state index >= 15 is 0 Å². The van der Waals surface area contributed by atoms with Gasteiger partial charge >= 0.3 is 0 Å². The number of nitrogens with zero attached hydrogens (tertiary/aromatic N) is 2. The van der Waals surface area contributed by atoms with Crippen LogP contribution >= 0.6 is 23.2 Å². The molecule has 0 aliphatic carbocycles. The maximum atomic E-state index is 7.18. The van der Waals surface area contributed by atoms with E-state index in [0.717, 1.165) is 88.8 Å². The lowest BCUT2D eigenvalue weighted by Crippen LogP contribution is -1.95. The molecule has 0 unspecified atom stereocenters. The highest BCUT2D eigenvalue weighted by molar-refractivity contribution is 6.33. The molecule has 10 aromatic carbocycles. The zero-order chi connectivity index (χ0) is 47.0. The number of rotatable bonds is 11. The molecule has 2 N–H and O–H groups in total. The van der Waals surface area contributed by atoms with Crippen LogP contribution in [0.3, 0.4) is 0 Å². The van der Waals surface area contributed by atoms with Crippen molar-refractivity contribution in [2.45, 2.75) is 0 Å². The van der Waals surface area contributed by atoms with Crippen molar-refractivity contribution in [3.8, 4) is 102 Å². The molecule has 334 valence electrons. The van der Waals surface area contributed by atoms with Gasteiger partial charge in [-0.25, -0.2) is 9.97 Å². The Morgan fingerprint density at radius 3 is 1.09 bits per heavy atom. The standard InChI is InChI=1S/C62H40Cl2N4O2/c63-51-37-45(31-33-49(51)61-65-57(41-19-5-1-6-20-41)58(66-61)42-21-7-2-8-22-42)69-53-35-29-39-17-13-15-27-47(39)55(53)56-48-28-16-14-18-40(48)30-36-54(56)70-46-32-34-50(52(64)38-46)62-67-59(43-23-9-3-10-24-43)60(68-62)44-25-11-4-12-26-44/h1-38H,(H,65,66)(H,67,68). The molecule has 0 saturated carbocycles. The molecule has 0 saturated heterocycles. The van der Waals surface area contributed by atoms with Gasteiger partial charge < -0.3 is 19.4 Å². The van der Waals surface area contributed by atoms with Gasteiger partial charge in [0, 0.05) is 56.6 Å². The van der Waals surface area contributed by atoms with E-state index in [2.05, 4.69) is 94.9 Å². The lowest BCUT2D eigenvalue weighted by Gasteiger charge is -2.20. The molecule has 0 fully saturated rings. The number of imidazole rings is 2. The van der Waals surface area contributed by atoms with Gasteiger partial charge in [-0.15, -0.1) is 0 Å². The van der Waals surface area contributed by atoms with Gasteiger partial charge in [-0.1, -0.05) is 205 Å². The number of ether oxygens (including phenoxy) is 2. The first-order valence-electron chi connectivity index (χ1n) is 22.9. The molecule has 0 atom stereocenters. The molecule has 0 bridgehead atoms. The third kappa shape index (κ3) is 8.15. The van der Waals surface area contributed by atoms with Crippen LogP contribution in [-0.4, -0.2) is 19.9 Å². The maximum absolute atomic E-state index is 7.18. The van der Waals surface area contributed by atoms with Gasteiger partial charge in [-0.3, -0.25) is 0 Å². The Balaban J connectivity index is 0.922. The third-order valence-corrected chi connectivity index (χ3v) is 13.1. The fourth-order valence-corrected chi connectivity index (χ4v) is 9.70. The number of aromatic amines is 2. The summed E-state index contributed by atoms with van der Waals surface area (Å²) in [4.78, 5) is 17.4. The topological polar surface area (TPSA) is 75.8 Å². The number of aromatic nitrogens is 4. The number of hydrogen-bond acceptors (Lipinski definition) is 4. The summed E-state index contributed by atoms with van der Waals surface area (Å²) in [6.45, 7) is 0. The van der Waals surface area contributed by atoms with Crippen LogP contribution in [0.5, 0.6) is 23.0 Å². The molecule has 0 amide bonds. The number of H-pyrrole nitrogens is 2. The van der Waals surface area contributed by atoms with Gasteiger partial charge in [0.1, 0.15) is 34.6 Å². The first-order valence-corrected chi connectivity index (χ1v) is 23.7. The van der Waals surface area contributed by atoms with Crippen molar-refractivity contribution in [3.63, 3.8) is 0 Å². The van der Waals surface area contributed by atoms with Crippen LogP contribution in [0.4, 0.5) is 0 Å². The van der Waals surface area contributed by atoms with Crippen LogP contribution in [0.15, 0.2) is 231 Å². The van der Waals surface area contributed by atoms with Crippen LogP contribution in [0.25, 0.3) is 100 Å². The van der Waals surface area contributed by atoms with Crippen LogP contribution in [0, 0.1) is 0 Å². The molecule has 8 heteroatoms. The summed E-state index contributed by atoms with van der Waals surface area (Å²) in [5.41, 5.74) is 10.8. The van der Waals surface area contributed by atoms with Gasteiger partial charge in [0.25, 0.3) is 0 Å². The molecule has 0 spiro atoms. The second-order valence-corrected chi connectivity index (χ2v) is 17.7. The first kappa shape index (κ1) is 42.7. The molecule has 2 heterocycles. The Labute approximate surface area is 414 Å². The largest absolute Gasteiger partial charge is 0.457 e. The SMILES string of the molecule is Clc1cc(Oc2ccc3ccccc3c2-c2c(Oc3ccc(-c4nc(-c5ccccc5)c(-c5ccccc5)[nH]4)c(Cl)c3)ccc3ccccc23)ccc1-c1nc(-c2ccccc2)c(-c2ccccc2)[nH]1. The normalized spacial score (nSPS) is 11.3. The van der Waals surface area contributed by atoms with Gasteiger partial charge in [0.15, 0.2) is 0 Å². The molecule has 0 radical (unpaired) electrons. The number of benzene rings is 10. The average molecular weight is 944 g/mol. The van der Waals surface area contributed by atoms with Crippen molar-refractivity contribution >= 4 is 44.7 Å². The Hall–Kier alpha value is -8.68. The van der Waals surface area contributed by atoms with Gasteiger partial charge in [0.05, 0.1) is 32.8 Å². The molecule has 0 aliphatic rings. The van der Waals surface area contributed by atoms with E-state index < -0.39 is 0 Å². The summed E-state index contributed by atoms with van der Waals surface area (Å²) in [6, 6.07) is 77.0. The van der Waals surface area contributed by atoms with Gasteiger partial charge in [-0.2, -0.15) is 0 Å². The van der Waals surface area contributed by atoms with Gasteiger partial charge in [0.2, 0.25) is 0 Å². The van der Waals surface area contributed by atoms with Crippen molar-refractivity contribution in [1.82, 2.24) is 19.9 Å². The molecule has 0 aliphatic heterocycles. The lowest BCUT2D eigenvalue weighted by atomic mass is 9.92. The quantitative estimate of drug-likeness (QED) is 0.135. The lowest BCUT2D eigenvalue weighted by molar-refractivity contribution is 0.478. The van der Waals surface area contributed by atoms with Crippen molar-refractivity contribution in [2.75, 3.05) is 0 Å². The molecule has 70 heavy (non-hydrogen) atoms. The van der Waals surface area contributed by atoms with Crippen molar-refractivity contribution < 1.29 is 9.47 Å². The monoisotopic (exact) mass is 942 g/mol. The summed E-state index contributed by atoms with van der Waals surface area (Å²) in [5.74, 6) is 3.71. The number of hydrogen-bond donors (Lipinski definition) is 2. The molecular weight excluding hydrogens is 904 g/mol. The van der Waals surface area contributed by atoms with Crippen molar-refractivity contribution in [2.24, 2.45) is 0 Å². The summed E-state index contributed by atoms with van der Waals surface area (Å²) in [5, 5.41) is 5.07. The minimum Gasteiger partial charge on any atom is -0.457 e. The highest BCUT2D eigenvalue weighted by Crippen LogP contribution is 2.49. The smallest absolute Gasteiger partial charge is 0.140 e. The predicted molar refractivity (Wildman–Crippen MR) is 287 cm³/mol. The summed E-state index contributed by atoms with van der Waals surface area (Å²) >= 11 is 14.4. The highest BCUT2D eigenvalue weighted by Gasteiger charge is 2.23. The van der Waals surface area contributed by atoms with E-state index in [0.29, 0.717) is 44.7 Å². The number of nitrogens with one attached hydrogen (secondary N) is 2. The van der Waals surface area contributed by atoms with Gasteiger partial charge in [-0.05, 0) is 57.9 Å². The Morgan fingerprint density at radius 2 is 0.700 bits per heavy atom. The Morgan fingerprint density at radius 1 is 0.343 bits per heavy atom. The zero-order valence-electron chi connectivity index (χ0n) is 37.4. The Kier molecular flexibility index (Phi) is 11.2. The highest BCUT2D eigenvalue weighted by atomic mass is 35.5. The fraction of sp³-hybridized carbons (Fsp3) is 0. The predicted octanol–water partition coefficient (Wildman–Crippen LogP) is 18.0. The van der Waals surface area contributed by atoms with Crippen LogP contribution in [0.2, 0.25) is 10.0 Å². The summed E-state index contributed by atoms with van der Waals surface area (Å²) < 4.78 is 13.8. The van der Waals surface area contributed by atoms with Crippen LogP contribution < -0.4 is 9.47 Å². The molecule has 6 nitrogen and oxygen atoms in total. The van der Waals surface area contributed by atoms with Crippen LogP contribution in [-0.2, 0) is 0 Å². The zero-order valence-corrected chi connectivity index (χ0v) is 38.9. The van der Waals surface area contributed by atoms with E-state index in [1.54, 1.807) is 0 Å². The van der Waals surface area contributed by atoms with E-state index in [4.69, 9.17) is 42.6 Å². The summed E-state index contributed by atoms with van der Waals surface area (Å²) in [6.07, 6.45) is 0. The van der Waals surface area contributed by atoms with Crippen molar-refractivity contribution in [3.05, 3.63) is 241 Å². The third-order valence-electron chi connectivity index (χ3n) is 12.5. The average Bonchev–Trinajstić information content (AvgIpc) is 4.06. The molecule has 12 rings (SSSR count). The molecular formula is C62H40Cl2N4O2. The van der Waals surface area contributed by atoms with E-state index in [9.17, 15) is 0 Å². The Bertz CT molecular complexity index is 3490. The number of halogens is 2. The minimum atomic E-state index is 0.490.